The molecule has 0 radical (unpaired) electrons. The van der Waals surface area contributed by atoms with Gasteiger partial charge in [-0.15, -0.1) is 0 Å². The summed E-state index contributed by atoms with van der Waals surface area (Å²) in [5.41, 5.74) is 13.8. The van der Waals surface area contributed by atoms with E-state index in [9.17, 15) is 0 Å². The number of benzene rings is 6. The minimum Gasteiger partial charge on any atom is -0.453 e. The van der Waals surface area contributed by atoms with Crippen LogP contribution in [-0.2, 0) is 6.42 Å². The van der Waals surface area contributed by atoms with Crippen LogP contribution in [0.15, 0.2) is 121 Å². The molecule has 0 bridgehead atoms. The third kappa shape index (κ3) is 4.01. The fourth-order valence-electron chi connectivity index (χ4n) is 6.98. The summed E-state index contributed by atoms with van der Waals surface area (Å²) in [6.07, 6.45) is 0.830. The highest BCUT2D eigenvalue weighted by molar-refractivity contribution is 5.90. The van der Waals surface area contributed by atoms with Gasteiger partial charge in [-0.3, -0.25) is 0 Å². The quantitative estimate of drug-likeness (QED) is 0.201. The normalized spacial score (nSPS) is 13.8. The zero-order chi connectivity index (χ0) is 30.2. The molecule has 0 spiro atoms. The van der Waals surface area contributed by atoms with E-state index in [0.717, 1.165) is 63.5 Å². The zero-order valence-electron chi connectivity index (χ0n) is 25.4. The van der Waals surface area contributed by atoms with E-state index in [1.54, 1.807) is 0 Å². The number of para-hydroxylation sites is 4. The lowest BCUT2D eigenvalue weighted by atomic mass is 9.94. The maximum absolute atomic E-state index is 6.42. The van der Waals surface area contributed by atoms with Crippen molar-refractivity contribution in [2.24, 2.45) is 0 Å². The van der Waals surface area contributed by atoms with Crippen molar-refractivity contribution in [1.82, 2.24) is 0 Å². The molecule has 5 heteroatoms. The fourth-order valence-corrected chi connectivity index (χ4v) is 6.98. The predicted octanol–water partition coefficient (Wildman–Crippen LogP) is 11.1. The summed E-state index contributed by atoms with van der Waals surface area (Å²) in [7, 11) is 2.17. The number of aryl methyl sites for hydroxylation is 2. The van der Waals surface area contributed by atoms with Crippen molar-refractivity contribution in [1.29, 1.82) is 0 Å². The summed E-state index contributed by atoms with van der Waals surface area (Å²) < 4.78 is 12.7. The summed E-state index contributed by atoms with van der Waals surface area (Å²) in [6, 6.07) is 43.0. The molecule has 0 aliphatic carbocycles. The van der Waals surface area contributed by atoms with E-state index in [4.69, 9.17) is 9.47 Å². The molecule has 9 rings (SSSR count). The Balaban J connectivity index is 1.14. The van der Waals surface area contributed by atoms with E-state index in [0.29, 0.717) is 0 Å². The number of rotatable bonds is 2. The van der Waals surface area contributed by atoms with Crippen LogP contribution >= 0.6 is 0 Å². The van der Waals surface area contributed by atoms with Crippen LogP contribution in [-0.4, -0.2) is 7.05 Å². The Morgan fingerprint density at radius 1 is 0.444 bits per heavy atom. The van der Waals surface area contributed by atoms with Gasteiger partial charge in [-0.2, -0.15) is 0 Å². The van der Waals surface area contributed by atoms with Crippen LogP contribution < -0.4 is 24.2 Å². The van der Waals surface area contributed by atoms with Crippen LogP contribution in [0.2, 0.25) is 0 Å². The van der Waals surface area contributed by atoms with E-state index in [1.165, 1.54) is 33.6 Å². The maximum Gasteiger partial charge on any atom is 0.151 e. The molecule has 0 saturated heterocycles. The first kappa shape index (κ1) is 25.8. The second kappa shape index (κ2) is 9.66. The van der Waals surface area contributed by atoms with Crippen LogP contribution in [0.1, 0.15) is 22.3 Å². The Morgan fingerprint density at radius 3 is 1.38 bits per heavy atom. The topological polar surface area (TPSA) is 28.2 Å². The van der Waals surface area contributed by atoms with Crippen molar-refractivity contribution >= 4 is 45.5 Å². The first-order valence-corrected chi connectivity index (χ1v) is 15.4. The van der Waals surface area contributed by atoms with Crippen molar-refractivity contribution < 1.29 is 9.47 Å². The lowest BCUT2D eigenvalue weighted by Crippen LogP contribution is -2.21. The standard InChI is InChI=1S/C40H31N3O2/c1-25-12-16-35-39(20-25)45-40-21-26(2)13-17-36(40)43(35)30-15-19-32-28(24-30)22-27-23-29(14-18-31(27)41(32)3)42-33-8-4-6-10-37(33)44-38-11-7-5-9-34(38)42/h4-21,23-24H,22H2,1-3H3. The second-order valence-electron chi connectivity index (χ2n) is 12.1. The van der Waals surface area contributed by atoms with E-state index in [-0.39, 0.29) is 0 Å². The highest BCUT2D eigenvalue weighted by atomic mass is 16.5. The van der Waals surface area contributed by atoms with Gasteiger partial charge in [-0.1, -0.05) is 36.4 Å². The van der Waals surface area contributed by atoms with Gasteiger partial charge in [0.2, 0.25) is 0 Å². The van der Waals surface area contributed by atoms with Crippen LogP contribution in [0, 0.1) is 13.8 Å². The molecule has 218 valence electrons. The molecule has 0 saturated carbocycles. The molecule has 6 aromatic carbocycles. The molecule has 0 aromatic heterocycles. The SMILES string of the molecule is Cc1ccc2c(c1)Oc1cc(C)ccc1N2c1ccc2c(c1)Cc1cc(N3c4ccccc4Oc4ccccc43)ccc1N2C. The van der Waals surface area contributed by atoms with Gasteiger partial charge >= 0.3 is 0 Å². The van der Waals surface area contributed by atoms with Gasteiger partial charge in [0.1, 0.15) is 0 Å². The Hall–Kier alpha value is -5.68. The highest BCUT2D eigenvalue weighted by Gasteiger charge is 2.30. The van der Waals surface area contributed by atoms with Crippen molar-refractivity contribution in [3.05, 3.63) is 144 Å². The van der Waals surface area contributed by atoms with Crippen LogP contribution in [0.3, 0.4) is 0 Å². The zero-order valence-corrected chi connectivity index (χ0v) is 25.4. The highest BCUT2D eigenvalue weighted by Crippen LogP contribution is 2.53. The molecule has 3 aliphatic rings. The van der Waals surface area contributed by atoms with Gasteiger partial charge in [0.05, 0.1) is 22.7 Å². The minimum atomic E-state index is 0.830. The predicted molar refractivity (Wildman–Crippen MR) is 183 cm³/mol. The fraction of sp³-hybridized carbons (Fsp3) is 0.100. The molecular formula is C40H31N3O2. The maximum atomic E-state index is 6.42. The number of hydrogen-bond acceptors (Lipinski definition) is 5. The molecule has 0 fully saturated rings. The van der Waals surface area contributed by atoms with E-state index >= 15 is 0 Å². The van der Waals surface area contributed by atoms with Crippen LogP contribution in [0.25, 0.3) is 0 Å². The summed E-state index contributed by atoms with van der Waals surface area (Å²) >= 11 is 0. The molecule has 0 unspecified atom stereocenters. The molecule has 0 atom stereocenters. The summed E-state index contributed by atoms with van der Waals surface area (Å²) in [6.45, 7) is 4.21. The third-order valence-corrected chi connectivity index (χ3v) is 9.11. The molecule has 3 aliphatic heterocycles. The Morgan fingerprint density at radius 2 is 0.867 bits per heavy atom. The average molecular weight is 586 g/mol. The van der Waals surface area contributed by atoms with E-state index in [1.807, 2.05) is 24.3 Å². The van der Waals surface area contributed by atoms with Gasteiger partial charge in [0, 0.05) is 36.2 Å². The van der Waals surface area contributed by atoms with Crippen LogP contribution in [0.5, 0.6) is 23.0 Å². The number of nitrogens with zero attached hydrogens (tertiary/aromatic N) is 3. The molecular weight excluding hydrogens is 554 g/mol. The van der Waals surface area contributed by atoms with Crippen molar-refractivity contribution in [2.45, 2.75) is 20.3 Å². The molecule has 5 nitrogen and oxygen atoms in total. The van der Waals surface area contributed by atoms with Gasteiger partial charge in [-0.05, 0) is 121 Å². The van der Waals surface area contributed by atoms with Crippen molar-refractivity contribution in [3.8, 4) is 23.0 Å². The summed E-state index contributed by atoms with van der Waals surface area (Å²) in [5.74, 6) is 3.47. The lowest BCUT2D eigenvalue weighted by Gasteiger charge is -2.36. The second-order valence-corrected chi connectivity index (χ2v) is 12.1. The molecule has 0 N–H and O–H groups in total. The molecule has 3 heterocycles. The Kier molecular flexibility index (Phi) is 5.54. The van der Waals surface area contributed by atoms with Crippen molar-refractivity contribution in [3.63, 3.8) is 0 Å². The Labute approximate surface area is 263 Å². The number of fused-ring (bicyclic) bond motifs is 6. The Bertz CT molecular complexity index is 2070. The smallest absolute Gasteiger partial charge is 0.151 e. The molecule has 45 heavy (non-hydrogen) atoms. The van der Waals surface area contributed by atoms with Gasteiger partial charge in [-0.25, -0.2) is 0 Å². The minimum absolute atomic E-state index is 0.830. The number of ether oxygens (including phenoxy) is 2. The molecule has 6 aromatic rings. The van der Waals surface area contributed by atoms with Gasteiger partial charge in [0.25, 0.3) is 0 Å². The first-order valence-electron chi connectivity index (χ1n) is 15.4. The van der Waals surface area contributed by atoms with Gasteiger partial charge in [0.15, 0.2) is 23.0 Å². The lowest BCUT2D eigenvalue weighted by molar-refractivity contribution is 0.476. The average Bonchev–Trinajstić information content (AvgIpc) is 3.05. The first-order chi connectivity index (χ1) is 22.0. The largest absolute Gasteiger partial charge is 0.453 e. The number of hydrogen-bond donors (Lipinski definition) is 0. The van der Waals surface area contributed by atoms with E-state index < -0.39 is 0 Å². The summed E-state index contributed by atoms with van der Waals surface area (Å²) in [5, 5.41) is 0. The van der Waals surface area contributed by atoms with Gasteiger partial charge < -0.3 is 24.2 Å². The van der Waals surface area contributed by atoms with Crippen LogP contribution in [0.4, 0.5) is 45.5 Å². The number of anilines is 8. The molecule has 0 amide bonds. The third-order valence-electron chi connectivity index (χ3n) is 9.11. The van der Waals surface area contributed by atoms with E-state index in [2.05, 4.69) is 133 Å². The monoisotopic (exact) mass is 585 g/mol. The van der Waals surface area contributed by atoms with Crippen molar-refractivity contribution in [2.75, 3.05) is 21.7 Å². The summed E-state index contributed by atoms with van der Waals surface area (Å²) in [4.78, 5) is 6.96.